The quantitative estimate of drug-likeness (QED) is 0.709. The molecule has 1 N–H and O–H groups in total. The first-order valence-corrected chi connectivity index (χ1v) is 8.31. The monoisotopic (exact) mass is 336 g/mol. The molecule has 0 aliphatic carbocycles. The van der Waals surface area contributed by atoms with E-state index in [9.17, 15) is 4.39 Å². The summed E-state index contributed by atoms with van der Waals surface area (Å²) < 4.78 is 13.1. The van der Waals surface area contributed by atoms with E-state index in [2.05, 4.69) is 39.2 Å². The van der Waals surface area contributed by atoms with E-state index in [4.69, 9.17) is 0 Å². The van der Waals surface area contributed by atoms with Gasteiger partial charge in [-0.15, -0.1) is 0 Å². The lowest BCUT2D eigenvalue weighted by molar-refractivity contribution is 0.628. The molecule has 0 atom stereocenters. The molecular formula is C20H21FN4. The lowest BCUT2D eigenvalue weighted by Gasteiger charge is -2.22. The first kappa shape index (κ1) is 16.9. The summed E-state index contributed by atoms with van der Waals surface area (Å²) in [5, 5.41) is 3.21. The third kappa shape index (κ3) is 4.53. The standard InChI is InChI=1S/C20H21FN4/c1-3-25(14-16-7-5-4-6-8-16)20-22-15(2)13-19(24-20)23-18-11-9-17(21)10-12-18/h4-13H,3,14H2,1-2H3,(H,22,23,24). The minimum absolute atomic E-state index is 0.259. The Bertz CT molecular complexity index is 819. The van der Waals surface area contributed by atoms with E-state index in [1.165, 1.54) is 17.7 Å². The predicted octanol–water partition coefficient (Wildman–Crippen LogP) is 4.69. The molecule has 4 nitrogen and oxygen atoms in total. The second kappa shape index (κ2) is 7.75. The number of anilines is 3. The van der Waals surface area contributed by atoms with Crippen molar-refractivity contribution in [1.29, 1.82) is 0 Å². The van der Waals surface area contributed by atoms with Crippen LogP contribution in [0.5, 0.6) is 0 Å². The van der Waals surface area contributed by atoms with Gasteiger partial charge < -0.3 is 10.2 Å². The Morgan fingerprint density at radius 1 is 1.00 bits per heavy atom. The summed E-state index contributed by atoms with van der Waals surface area (Å²) in [6.07, 6.45) is 0. The Morgan fingerprint density at radius 2 is 1.72 bits per heavy atom. The van der Waals surface area contributed by atoms with Gasteiger partial charge in [-0.2, -0.15) is 4.98 Å². The van der Waals surface area contributed by atoms with Gasteiger partial charge in [0.15, 0.2) is 0 Å². The number of hydrogen-bond acceptors (Lipinski definition) is 4. The van der Waals surface area contributed by atoms with Gasteiger partial charge in [-0.3, -0.25) is 0 Å². The van der Waals surface area contributed by atoms with E-state index in [0.717, 1.165) is 24.5 Å². The fraction of sp³-hybridized carbons (Fsp3) is 0.200. The van der Waals surface area contributed by atoms with Crippen molar-refractivity contribution in [1.82, 2.24) is 9.97 Å². The zero-order valence-corrected chi connectivity index (χ0v) is 14.4. The van der Waals surface area contributed by atoms with Crippen LogP contribution in [0.15, 0.2) is 60.7 Å². The molecule has 3 aromatic rings. The normalized spacial score (nSPS) is 10.5. The van der Waals surface area contributed by atoms with Crippen LogP contribution in [0.2, 0.25) is 0 Å². The summed E-state index contributed by atoms with van der Waals surface area (Å²) in [4.78, 5) is 11.3. The summed E-state index contributed by atoms with van der Waals surface area (Å²) in [5.41, 5.74) is 2.88. The number of benzene rings is 2. The second-order valence-corrected chi connectivity index (χ2v) is 5.83. The highest BCUT2D eigenvalue weighted by Crippen LogP contribution is 2.20. The first-order chi connectivity index (χ1) is 12.1. The van der Waals surface area contributed by atoms with Crippen molar-refractivity contribution in [3.8, 4) is 0 Å². The highest BCUT2D eigenvalue weighted by molar-refractivity contribution is 5.57. The van der Waals surface area contributed by atoms with E-state index in [0.29, 0.717) is 11.8 Å². The molecule has 1 heterocycles. The van der Waals surface area contributed by atoms with Crippen molar-refractivity contribution in [2.75, 3.05) is 16.8 Å². The smallest absolute Gasteiger partial charge is 0.227 e. The van der Waals surface area contributed by atoms with Gasteiger partial charge in [-0.25, -0.2) is 9.37 Å². The molecule has 0 radical (unpaired) electrons. The number of rotatable bonds is 6. The van der Waals surface area contributed by atoms with Gasteiger partial charge >= 0.3 is 0 Å². The predicted molar refractivity (Wildman–Crippen MR) is 99.6 cm³/mol. The zero-order valence-electron chi connectivity index (χ0n) is 14.4. The number of nitrogens with zero attached hydrogens (tertiary/aromatic N) is 3. The van der Waals surface area contributed by atoms with Gasteiger partial charge in [0.2, 0.25) is 5.95 Å². The zero-order chi connectivity index (χ0) is 17.6. The summed E-state index contributed by atoms with van der Waals surface area (Å²) >= 11 is 0. The number of halogens is 1. The molecule has 0 bridgehead atoms. The Hall–Kier alpha value is -2.95. The summed E-state index contributed by atoms with van der Waals surface area (Å²) in [7, 11) is 0. The Morgan fingerprint density at radius 3 is 2.40 bits per heavy atom. The third-order valence-corrected chi connectivity index (χ3v) is 3.84. The first-order valence-electron chi connectivity index (χ1n) is 8.31. The van der Waals surface area contributed by atoms with E-state index in [-0.39, 0.29) is 5.82 Å². The lowest BCUT2D eigenvalue weighted by Crippen LogP contribution is -2.24. The molecule has 0 fully saturated rings. The SMILES string of the molecule is CCN(Cc1ccccc1)c1nc(C)cc(Nc2ccc(F)cc2)n1. The maximum atomic E-state index is 13.1. The van der Waals surface area contributed by atoms with Crippen LogP contribution in [-0.2, 0) is 6.54 Å². The Balaban J connectivity index is 1.83. The van der Waals surface area contributed by atoms with E-state index in [1.54, 1.807) is 12.1 Å². The fourth-order valence-electron chi connectivity index (χ4n) is 2.57. The van der Waals surface area contributed by atoms with Crippen molar-refractivity contribution in [3.05, 3.63) is 77.7 Å². The van der Waals surface area contributed by atoms with Gasteiger partial charge in [0, 0.05) is 30.5 Å². The van der Waals surface area contributed by atoms with Crippen LogP contribution in [0.25, 0.3) is 0 Å². The molecule has 0 aliphatic rings. The van der Waals surface area contributed by atoms with Crippen LogP contribution in [0.4, 0.5) is 21.8 Å². The molecule has 0 aliphatic heterocycles. The fourth-order valence-corrected chi connectivity index (χ4v) is 2.57. The molecule has 2 aromatic carbocycles. The van der Waals surface area contributed by atoms with Gasteiger partial charge in [-0.1, -0.05) is 30.3 Å². The molecule has 0 saturated heterocycles. The molecule has 5 heteroatoms. The molecule has 0 spiro atoms. The Labute approximate surface area is 147 Å². The van der Waals surface area contributed by atoms with Gasteiger partial charge in [-0.05, 0) is 43.7 Å². The van der Waals surface area contributed by atoms with Crippen molar-refractivity contribution in [2.24, 2.45) is 0 Å². The van der Waals surface area contributed by atoms with E-state index in [1.807, 2.05) is 31.2 Å². The molecule has 25 heavy (non-hydrogen) atoms. The maximum Gasteiger partial charge on any atom is 0.227 e. The number of hydrogen-bond donors (Lipinski definition) is 1. The van der Waals surface area contributed by atoms with Crippen LogP contribution in [0.3, 0.4) is 0 Å². The number of aromatic nitrogens is 2. The van der Waals surface area contributed by atoms with Crippen molar-refractivity contribution in [2.45, 2.75) is 20.4 Å². The van der Waals surface area contributed by atoms with E-state index >= 15 is 0 Å². The van der Waals surface area contributed by atoms with Gasteiger partial charge in [0.25, 0.3) is 0 Å². The minimum atomic E-state index is -0.259. The van der Waals surface area contributed by atoms with Crippen molar-refractivity contribution >= 4 is 17.5 Å². The highest BCUT2D eigenvalue weighted by atomic mass is 19.1. The molecule has 0 unspecified atom stereocenters. The summed E-state index contributed by atoms with van der Waals surface area (Å²) in [5.74, 6) is 1.11. The van der Waals surface area contributed by atoms with Crippen molar-refractivity contribution < 1.29 is 4.39 Å². The van der Waals surface area contributed by atoms with Crippen LogP contribution >= 0.6 is 0 Å². The highest BCUT2D eigenvalue weighted by Gasteiger charge is 2.11. The average Bonchev–Trinajstić information content (AvgIpc) is 2.62. The third-order valence-electron chi connectivity index (χ3n) is 3.84. The second-order valence-electron chi connectivity index (χ2n) is 5.83. The van der Waals surface area contributed by atoms with Crippen LogP contribution in [0.1, 0.15) is 18.2 Å². The van der Waals surface area contributed by atoms with Gasteiger partial charge in [0.1, 0.15) is 11.6 Å². The molecule has 0 saturated carbocycles. The van der Waals surface area contributed by atoms with Crippen LogP contribution < -0.4 is 10.2 Å². The number of nitrogens with one attached hydrogen (secondary N) is 1. The van der Waals surface area contributed by atoms with Gasteiger partial charge in [0.05, 0.1) is 0 Å². The Kier molecular flexibility index (Phi) is 5.23. The minimum Gasteiger partial charge on any atom is -0.340 e. The van der Waals surface area contributed by atoms with Crippen molar-refractivity contribution in [3.63, 3.8) is 0 Å². The molecule has 3 rings (SSSR count). The number of aryl methyl sites for hydroxylation is 1. The largest absolute Gasteiger partial charge is 0.340 e. The summed E-state index contributed by atoms with van der Waals surface area (Å²) in [6.45, 7) is 5.57. The molecule has 0 amide bonds. The maximum absolute atomic E-state index is 13.1. The topological polar surface area (TPSA) is 41.1 Å². The van der Waals surface area contributed by atoms with E-state index < -0.39 is 0 Å². The summed E-state index contributed by atoms with van der Waals surface area (Å²) in [6, 6.07) is 18.4. The van der Waals surface area contributed by atoms with Crippen LogP contribution in [-0.4, -0.2) is 16.5 Å². The molecule has 128 valence electrons. The average molecular weight is 336 g/mol. The van der Waals surface area contributed by atoms with Crippen LogP contribution in [0, 0.1) is 12.7 Å². The lowest BCUT2D eigenvalue weighted by atomic mass is 10.2. The molecular weight excluding hydrogens is 315 g/mol. The molecule has 1 aromatic heterocycles.